The van der Waals surface area contributed by atoms with Crippen molar-refractivity contribution in [3.05, 3.63) is 69.2 Å². The molecule has 0 saturated carbocycles. The van der Waals surface area contributed by atoms with Crippen molar-refractivity contribution in [2.24, 2.45) is 0 Å². The Bertz CT molecular complexity index is 693. The van der Waals surface area contributed by atoms with E-state index in [4.69, 9.17) is 11.6 Å². The first-order chi connectivity index (χ1) is 9.71. The van der Waals surface area contributed by atoms with Crippen LogP contribution in [0.1, 0.15) is 53.4 Å². The van der Waals surface area contributed by atoms with E-state index in [1.807, 2.05) is 50.2 Å². The van der Waals surface area contributed by atoms with Crippen molar-refractivity contribution in [3.63, 3.8) is 0 Å². The van der Waals surface area contributed by atoms with Crippen LogP contribution in [0.5, 0.6) is 0 Å². The minimum Gasteiger partial charge on any atom is -0.289 e. The van der Waals surface area contributed by atoms with Crippen LogP contribution < -0.4 is 0 Å². The van der Waals surface area contributed by atoms with Crippen LogP contribution in [0.3, 0.4) is 0 Å². The molecule has 0 aromatic heterocycles. The van der Waals surface area contributed by atoms with Crippen LogP contribution in [0.4, 0.5) is 0 Å². The third kappa shape index (κ3) is 3.19. The van der Waals surface area contributed by atoms with Gasteiger partial charge in [0.15, 0.2) is 5.78 Å². The predicted molar refractivity (Wildman–Crippen MR) is 89.5 cm³/mol. The van der Waals surface area contributed by atoms with E-state index in [1.54, 1.807) is 0 Å². The molecule has 0 heterocycles. The summed E-state index contributed by atoms with van der Waals surface area (Å²) in [4.78, 5) is 12.9. The maximum Gasteiger partial charge on any atom is 0.194 e. The Morgan fingerprint density at radius 2 is 1.52 bits per heavy atom. The number of halogens is 1. The molecule has 1 nitrogen and oxygen atoms in total. The molecule has 0 radical (unpaired) electrons. The highest BCUT2D eigenvalue weighted by atomic mass is 35.5. The van der Waals surface area contributed by atoms with Gasteiger partial charge in [-0.25, -0.2) is 0 Å². The SMILES string of the molecule is Cc1cc(Cl)c(C(=O)c2ccccc2C(C)(C)C)cc1C. The zero-order valence-electron chi connectivity index (χ0n) is 13.3. The van der Waals surface area contributed by atoms with Gasteiger partial charge in [-0.15, -0.1) is 0 Å². The number of hydrogen-bond acceptors (Lipinski definition) is 1. The Kier molecular flexibility index (Phi) is 4.25. The summed E-state index contributed by atoms with van der Waals surface area (Å²) in [6.45, 7) is 10.3. The molecular weight excluding hydrogens is 280 g/mol. The number of carbonyl (C=O) groups is 1. The van der Waals surface area contributed by atoms with E-state index in [-0.39, 0.29) is 11.2 Å². The van der Waals surface area contributed by atoms with E-state index in [0.29, 0.717) is 10.6 Å². The summed E-state index contributed by atoms with van der Waals surface area (Å²) >= 11 is 6.29. The first-order valence-corrected chi connectivity index (χ1v) is 7.50. The maximum absolute atomic E-state index is 12.9. The molecule has 0 atom stereocenters. The number of aryl methyl sites for hydroxylation is 2. The lowest BCUT2D eigenvalue weighted by molar-refractivity contribution is 0.103. The number of ketones is 1. The molecule has 110 valence electrons. The Labute approximate surface area is 132 Å². The Morgan fingerprint density at radius 1 is 0.952 bits per heavy atom. The lowest BCUT2D eigenvalue weighted by atomic mass is 9.81. The van der Waals surface area contributed by atoms with Gasteiger partial charge >= 0.3 is 0 Å². The quantitative estimate of drug-likeness (QED) is 0.671. The molecule has 0 unspecified atom stereocenters. The summed E-state index contributed by atoms with van der Waals surface area (Å²) in [6.07, 6.45) is 0. The highest BCUT2D eigenvalue weighted by molar-refractivity contribution is 6.35. The van der Waals surface area contributed by atoms with Gasteiger partial charge in [-0.2, -0.15) is 0 Å². The van der Waals surface area contributed by atoms with Gasteiger partial charge in [-0.05, 0) is 48.1 Å². The lowest BCUT2D eigenvalue weighted by Crippen LogP contribution is -2.17. The fourth-order valence-corrected chi connectivity index (χ4v) is 2.74. The Balaban J connectivity index is 2.59. The Morgan fingerprint density at radius 3 is 2.14 bits per heavy atom. The van der Waals surface area contributed by atoms with Crippen molar-refractivity contribution >= 4 is 17.4 Å². The van der Waals surface area contributed by atoms with Crippen LogP contribution in [0, 0.1) is 13.8 Å². The van der Waals surface area contributed by atoms with Gasteiger partial charge < -0.3 is 0 Å². The van der Waals surface area contributed by atoms with Crippen LogP contribution >= 0.6 is 11.6 Å². The predicted octanol–water partition coefficient (Wildman–Crippen LogP) is 5.49. The van der Waals surface area contributed by atoms with Gasteiger partial charge in [0.1, 0.15) is 0 Å². The number of benzene rings is 2. The summed E-state index contributed by atoms with van der Waals surface area (Å²) in [5.41, 5.74) is 4.45. The van der Waals surface area contributed by atoms with Crippen LogP contribution in [0.25, 0.3) is 0 Å². The van der Waals surface area contributed by atoms with E-state index in [1.165, 1.54) is 0 Å². The first kappa shape index (κ1) is 15.8. The van der Waals surface area contributed by atoms with Gasteiger partial charge in [0.05, 0.1) is 5.02 Å². The standard InChI is InChI=1S/C19H21ClO/c1-12-10-15(17(20)11-13(12)2)18(21)14-8-6-7-9-16(14)19(3,4)5/h6-11H,1-5H3. The van der Waals surface area contributed by atoms with Crippen molar-refractivity contribution < 1.29 is 4.79 Å². The zero-order valence-corrected chi connectivity index (χ0v) is 14.0. The number of hydrogen-bond donors (Lipinski definition) is 0. The molecule has 2 aromatic carbocycles. The molecule has 0 amide bonds. The summed E-state index contributed by atoms with van der Waals surface area (Å²) in [7, 11) is 0. The smallest absolute Gasteiger partial charge is 0.194 e. The largest absolute Gasteiger partial charge is 0.289 e. The van der Waals surface area contributed by atoms with Gasteiger partial charge in [0.25, 0.3) is 0 Å². The number of rotatable bonds is 2. The summed E-state index contributed by atoms with van der Waals surface area (Å²) in [6, 6.07) is 11.5. The third-order valence-electron chi connectivity index (χ3n) is 3.81. The minimum absolute atomic E-state index is 0.00590. The molecule has 2 rings (SSSR count). The topological polar surface area (TPSA) is 17.1 Å². The highest BCUT2D eigenvalue weighted by Gasteiger charge is 2.23. The van der Waals surface area contributed by atoms with E-state index < -0.39 is 0 Å². The van der Waals surface area contributed by atoms with Crippen LogP contribution in [0.2, 0.25) is 5.02 Å². The molecule has 0 bridgehead atoms. The normalized spacial score (nSPS) is 11.5. The molecule has 0 N–H and O–H groups in total. The molecule has 0 spiro atoms. The average Bonchev–Trinajstić information content (AvgIpc) is 2.41. The third-order valence-corrected chi connectivity index (χ3v) is 4.12. The van der Waals surface area contributed by atoms with Crippen molar-refractivity contribution in [1.82, 2.24) is 0 Å². The van der Waals surface area contributed by atoms with Gasteiger partial charge in [-0.1, -0.05) is 56.6 Å². The average molecular weight is 301 g/mol. The summed E-state index contributed by atoms with van der Waals surface area (Å²) in [5.74, 6) is -0.00590. The second-order valence-electron chi connectivity index (χ2n) is 6.54. The second kappa shape index (κ2) is 5.65. The summed E-state index contributed by atoms with van der Waals surface area (Å²) < 4.78 is 0. The van der Waals surface area contributed by atoms with Crippen LogP contribution in [-0.4, -0.2) is 5.78 Å². The van der Waals surface area contributed by atoms with Crippen molar-refractivity contribution in [2.45, 2.75) is 40.0 Å². The van der Waals surface area contributed by atoms with Gasteiger partial charge in [-0.3, -0.25) is 4.79 Å². The lowest BCUT2D eigenvalue weighted by Gasteiger charge is -2.22. The molecule has 0 aliphatic carbocycles. The fraction of sp³-hybridized carbons (Fsp3) is 0.316. The van der Waals surface area contributed by atoms with E-state index >= 15 is 0 Å². The molecule has 2 aromatic rings. The highest BCUT2D eigenvalue weighted by Crippen LogP contribution is 2.30. The second-order valence-corrected chi connectivity index (χ2v) is 6.95. The molecule has 0 aliphatic rings. The van der Waals surface area contributed by atoms with E-state index in [0.717, 1.165) is 22.3 Å². The van der Waals surface area contributed by atoms with Crippen molar-refractivity contribution in [2.75, 3.05) is 0 Å². The molecule has 0 saturated heterocycles. The van der Waals surface area contributed by atoms with Crippen LogP contribution in [-0.2, 0) is 5.41 Å². The van der Waals surface area contributed by atoms with Gasteiger partial charge in [0, 0.05) is 11.1 Å². The fourth-order valence-electron chi connectivity index (χ4n) is 2.44. The molecule has 21 heavy (non-hydrogen) atoms. The van der Waals surface area contributed by atoms with Gasteiger partial charge in [0.2, 0.25) is 0 Å². The van der Waals surface area contributed by atoms with Crippen molar-refractivity contribution in [3.8, 4) is 0 Å². The van der Waals surface area contributed by atoms with Crippen molar-refractivity contribution in [1.29, 1.82) is 0 Å². The Hall–Kier alpha value is -1.60. The number of carbonyl (C=O) groups excluding carboxylic acids is 1. The molecule has 2 heteroatoms. The summed E-state index contributed by atoms with van der Waals surface area (Å²) in [5, 5.41) is 0.520. The maximum atomic E-state index is 12.9. The monoisotopic (exact) mass is 300 g/mol. The van der Waals surface area contributed by atoms with E-state index in [9.17, 15) is 4.79 Å². The zero-order chi connectivity index (χ0) is 15.8. The van der Waals surface area contributed by atoms with E-state index in [2.05, 4.69) is 20.8 Å². The minimum atomic E-state index is -0.0849. The molecule has 0 aliphatic heterocycles. The molecule has 0 fully saturated rings. The molecular formula is C19H21ClO. The first-order valence-electron chi connectivity index (χ1n) is 7.13. The van der Waals surface area contributed by atoms with Crippen LogP contribution in [0.15, 0.2) is 36.4 Å².